The van der Waals surface area contributed by atoms with Crippen molar-refractivity contribution in [2.45, 2.75) is 6.92 Å². The fourth-order valence-electron chi connectivity index (χ4n) is 2.07. The van der Waals surface area contributed by atoms with Gasteiger partial charge in [0.05, 0.1) is 12.7 Å². The van der Waals surface area contributed by atoms with Crippen molar-refractivity contribution >= 4 is 34.9 Å². The van der Waals surface area contributed by atoms with Gasteiger partial charge in [-0.25, -0.2) is 4.79 Å². The number of hydrogen-bond acceptors (Lipinski definition) is 3. The minimum atomic E-state index is -0.357. The quantitative estimate of drug-likeness (QED) is 0.770. The summed E-state index contributed by atoms with van der Waals surface area (Å²) in [7, 11) is 1.48. The van der Waals surface area contributed by atoms with Gasteiger partial charge in [0.2, 0.25) is 0 Å². The van der Waals surface area contributed by atoms with Crippen molar-refractivity contribution in [1.82, 2.24) is 5.32 Å². The van der Waals surface area contributed by atoms with E-state index in [0.717, 1.165) is 0 Å². The number of carbonyl (C=O) groups is 2. The molecule has 0 spiro atoms. The number of anilines is 2. The summed E-state index contributed by atoms with van der Waals surface area (Å²) in [5.74, 6) is 0.0676. The largest absolute Gasteiger partial charge is 0.496 e. The number of rotatable bonds is 5. The highest BCUT2D eigenvalue weighted by Crippen LogP contribution is 2.24. The van der Waals surface area contributed by atoms with E-state index in [1.807, 2.05) is 6.92 Å². The van der Waals surface area contributed by atoms with Crippen LogP contribution in [0.4, 0.5) is 16.2 Å². The van der Waals surface area contributed by atoms with E-state index in [9.17, 15) is 9.59 Å². The third-order valence-electron chi connectivity index (χ3n) is 3.12. The number of benzene rings is 2. The van der Waals surface area contributed by atoms with Crippen LogP contribution in [0.5, 0.6) is 5.75 Å². The normalized spacial score (nSPS) is 9.96. The monoisotopic (exact) mass is 347 g/mol. The Labute approximate surface area is 145 Å². The Kier molecular flexibility index (Phi) is 6.03. The first-order chi connectivity index (χ1) is 11.5. The lowest BCUT2D eigenvalue weighted by Gasteiger charge is -2.11. The van der Waals surface area contributed by atoms with Gasteiger partial charge in [-0.3, -0.25) is 4.79 Å². The minimum Gasteiger partial charge on any atom is -0.496 e. The van der Waals surface area contributed by atoms with Crippen molar-refractivity contribution in [3.8, 4) is 5.75 Å². The number of amides is 3. The number of methoxy groups -OCH3 is 1. The molecule has 0 heterocycles. The van der Waals surface area contributed by atoms with E-state index < -0.39 is 0 Å². The Morgan fingerprint density at radius 2 is 1.79 bits per heavy atom. The molecule has 3 N–H and O–H groups in total. The van der Waals surface area contributed by atoms with Gasteiger partial charge < -0.3 is 20.7 Å². The van der Waals surface area contributed by atoms with Crippen molar-refractivity contribution in [2.75, 3.05) is 24.3 Å². The number of nitrogens with one attached hydrogen (secondary N) is 3. The Balaban J connectivity index is 2.15. The van der Waals surface area contributed by atoms with E-state index in [0.29, 0.717) is 34.3 Å². The molecule has 0 aliphatic carbocycles. The van der Waals surface area contributed by atoms with Crippen LogP contribution in [0.1, 0.15) is 17.3 Å². The Morgan fingerprint density at radius 3 is 2.46 bits per heavy atom. The predicted molar refractivity (Wildman–Crippen MR) is 95.1 cm³/mol. The maximum Gasteiger partial charge on any atom is 0.319 e. The molecule has 2 rings (SSSR count). The van der Waals surface area contributed by atoms with E-state index in [1.54, 1.807) is 36.4 Å². The number of urea groups is 1. The topological polar surface area (TPSA) is 79.5 Å². The van der Waals surface area contributed by atoms with Gasteiger partial charge >= 0.3 is 6.03 Å². The Hall–Kier alpha value is -2.73. The second-order valence-electron chi connectivity index (χ2n) is 4.86. The second-order valence-corrected chi connectivity index (χ2v) is 5.30. The van der Waals surface area contributed by atoms with E-state index in [2.05, 4.69) is 16.0 Å². The number of hydrogen-bond donors (Lipinski definition) is 3. The summed E-state index contributed by atoms with van der Waals surface area (Å²) in [6.45, 7) is 2.35. The summed E-state index contributed by atoms with van der Waals surface area (Å²) in [6.07, 6.45) is 0. The molecule has 0 atom stereocenters. The van der Waals surface area contributed by atoms with Gasteiger partial charge in [-0.2, -0.15) is 0 Å². The number of ether oxygens (including phenoxy) is 1. The number of carbonyl (C=O) groups excluding carboxylic acids is 2. The summed E-state index contributed by atoms with van der Waals surface area (Å²) in [6, 6.07) is 11.3. The van der Waals surface area contributed by atoms with Crippen LogP contribution in [-0.2, 0) is 0 Å². The molecule has 2 aromatic carbocycles. The van der Waals surface area contributed by atoms with Crippen molar-refractivity contribution in [2.24, 2.45) is 0 Å². The molecule has 0 saturated heterocycles. The lowest BCUT2D eigenvalue weighted by Crippen LogP contribution is -2.28. The lowest BCUT2D eigenvalue weighted by molar-refractivity contribution is 0.102. The zero-order valence-electron chi connectivity index (χ0n) is 13.4. The molecule has 0 saturated carbocycles. The number of halogens is 1. The Morgan fingerprint density at radius 1 is 1.08 bits per heavy atom. The van der Waals surface area contributed by atoms with Crippen molar-refractivity contribution < 1.29 is 14.3 Å². The third-order valence-corrected chi connectivity index (χ3v) is 3.36. The van der Waals surface area contributed by atoms with E-state index in [4.69, 9.17) is 16.3 Å². The van der Waals surface area contributed by atoms with Gasteiger partial charge in [-0.1, -0.05) is 17.7 Å². The first-order valence-electron chi connectivity index (χ1n) is 7.33. The van der Waals surface area contributed by atoms with Gasteiger partial charge in [0, 0.05) is 22.9 Å². The average molecular weight is 348 g/mol. The fourth-order valence-corrected chi connectivity index (χ4v) is 2.24. The van der Waals surface area contributed by atoms with Crippen LogP contribution < -0.4 is 20.7 Å². The molecule has 7 heteroatoms. The van der Waals surface area contributed by atoms with Crippen LogP contribution in [0.3, 0.4) is 0 Å². The SMILES string of the molecule is CCNC(=O)Nc1cccc(NC(=O)c2cc(Cl)ccc2OC)c1. The van der Waals surface area contributed by atoms with Gasteiger partial charge in [-0.15, -0.1) is 0 Å². The smallest absolute Gasteiger partial charge is 0.319 e. The van der Waals surface area contributed by atoms with Crippen molar-refractivity contribution in [1.29, 1.82) is 0 Å². The molecule has 6 nitrogen and oxygen atoms in total. The Bertz CT molecular complexity index is 750. The summed E-state index contributed by atoms with van der Waals surface area (Å²) in [5, 5.41) is 8.51. The first kappa shape index (κ1) is 17.6. The van der Waals surface area contributed by atoms with Crippen LogP contribution in [0.2, 0.25) is 5.02 Å². The van der Waals surface area contributed by atoms with Crippen LogP contribution >= 0.6 is 11.6 Å². The third kappa shape index (κ3) is 4.63. The molecular weight excluding hydrogens is 330 g/mol. The average Bonchev–Trinajstić information content (AvgIpc) is 2.55. The highest BCUT2D eigenvalue weighted by molar-refractivity contribution is 6.31. The second kappa shape index (κ2) is 8.21. The molecule has 24 heavy (non-hydrogen) atoms. The molecule has 0 aromatic heterocycles. The molecule has 0 radical (unpaired) electrons. The van der Waals surface area contributed by atoms with Crippen molar-refractivity contribution in [3.05, 3.63) is 53.1 Å². The molecule has 2 aromatic rings. The van der Waals surface area contributed by atoms with Gasteiger partial charge in [0.25, 0.3) is 5.91 Å². The minimum absolute atomic E-state index is 0.308. The van der Waals surface area contributed by atoms with Crippen LogP contribution in [0.25, 0.3) is 0 Å². The predicted octanol–water partition coefficient (Wildman–Crippen LogP) is 3.74. The standard InChI is InChI=1S/C17H18ClN3O3/c1-3-19-17(23)21-13-6-4-5-12(10-13)20-16(22)14-9-11(18)7-8-15(14)24-2/h4-10H,3H2,1-2H3,(H,20,22)(H2,19,21,23). The summed E-state index contributed by atoms with van der Waals surface area (Å²) in [5.41, 5.74) is 1.43. The summed E-state index contributed by atoms with van der Waals surface area (Å²) in [4.78, 5) is 24.0. The maximum atomic E-state index is 12.4. The van der Waals surface area contributed by atoms with E-state index in [-0.39, 0.29) is 11.9 Å². The van der Waals surface area contributed by atoms with Crippen LogP contribution in [-0.4, -0.2) is 25.6 Å². The molecule has 126 valence electrons. The van der Waals surface area contributed by atoms with Crippen molar-refractivity contribution in [3.63, 3.8) is 0 Å². The molecule has 0 unspecified atom stereocenters. The van der Waals surface area contributed by atoms with Crippen LogP contribution in [0, 0.1) is 0 Å². The molecule has 3 amide bonds. The fraction of sp³-hybridized carbons (Fsp3) is 0.176. The molecule has 0 aliphatic rings. The zero-order chi connectivity index (χ0) is 17.5. The summed E-state index contributed by atoms with van der Waals surface area (Å²) >= 11 is 5.94. The van der Waals surface area contributed by atoms with Gasteiger partial charge in [-0.05, 0) is 43.3 Å². The molecule has 0 aliphatic heterocycles. The van der Waals surface area contributed by atoms with Crippen LogP contribution in [0.15, 0.2) is 42.5 Å². The summed E-state index contributed by atoms with van der Waals surface area (Å²) < 4.78 is 5.18. The molecular formula is C17H18ClN3O3. The van der Waals surface area contributed by atoms with E-state index in [1.165, 1.54) is 13.2 Å². The highest BCUT2D eigenvalue weighted by Gasteiger charge is 2.13. The first-order valence-corrected chi connectivity index (χ1v) is 7.71. The van der Waals surface area contributed by atoms with Gasteiger partial charge in [0.1, 0.15) is 5.75 Å². The molecule has 0 fully saturated rings. The highest BCUT2D eigenvalue weighted by atomic mass is 35.5. The maximum absolute atomic E-state index is 12.4. The lowest BCUT2D eigenvalue weighted by atomic mass is 10.1. The van der Waals surface area contributed by atoms with E-state index >= 15 is 0 Å². The molecule has 0 bridgehead atoms. The van der Waals surface area contributed by atoms with Gasteiger partial charge in [0.15, 0.2) is 0 Å². The zero-order valence-corrected chi connectivity index (χ0v) is 14.1.